The van der Waals surface area contributed by atoms with Crippen LogP contribution in [-0.4, -0.2) is 0 Å². The first kappa shape index (κ1) is 38.7. The number of nitrogens with zero attached hydrogens (tertiary/aromatic N) is 2. The highest BCUT2D eigenvalue weighted by atomic mass is 79.9. The second kappa shape index (κ2) is 16.2. The van der Waals surface area contributed by atoms with Crippen molar-refractivity contribution in [3.8, 4) is 44.5 Å². The fourth-order valence-electron chi connectivity index (χ4n) is 8.94. The lowest BCUT2D eigenvalue weighted by molar-refractivity contribution is 0.660. The Morgan fingerprint density at radius 1 is 0.311 bits per heavy atom. The van der Waals surface area contributed by atoms with Gasteiger partial charge in [0.1, 0.15) is 0 Å². The quantitative estimate of drug-likeness (QED) is 0.142. The molecule has 0 saturated carbocycles. The molecule has 0 fully saturated rings. The number of para-hydroxylation sites is 2. The third-order valence-corrected chi connectivity index (χ3v) is 13.1. The van der Waals surface area contributed by atoms with E-state index < -0.39 is 0 Å². The number of halogens is 2. The first-order chi connectivity index (χ1) is 29.8. The zero-order valence-corrected chi connectivity index (χ0v) is 37.1. The number of anilines is 6. The largest absolute Gasteiger partial charge is 0.310 e. The Balaban J connectivity index is 1.02. The Bertz CT molecular complexity index is 2990. The summed E-state index contributed by atoms with van der Waals surface area (Å²) in [6, 6.07) is 79.0. The van der Waals surface area contributed by atoms with Gasteiger partial charge in [-0.05, 0) is 136 Å². The molecular weight excluding hydrogens is 872 g/mol. The highest BCUT2D eigenvalue weighted by molar-refractivity contribution is 9.10. The molecule has 0 heterocycles. The van der Waals surface area contributed by atoms with E-state index in [-0.39, 0.29) is 5.41 Å². The summed E-state index contributed by atoms with van der Waals surface area (Å²) < 4.78 is 2.11. The molecule has 0 spiro atoms. The van der Waals surface area contributed by atoms with Gasteiger partial charge in [-0.25, -0.2) is 0 Å². The Morgan fingerprint density at radius 3 is 1.20 bits per heavy atom. The topological polar surface area (TPSA) is 6.48 Å². The molecule has 4 heteroatoms. The molecule has 0 atom stereocenters. The highest BCUT2D eigenvalue weighted by Crippen LogP contribution is 2.52. The van der Waals surface area contributed by atoms with Crippen LogP contribution in [0.3, 0.4) is 0 Å². The second-order valence-electron chi connectivity index (χ2n) is 16.1. The van der Waals surface area contributed by atoms with Crippen LogP contribution in [0.25, 0.3) is 44.5 Å². The molecule has 9 aromatic carbocycles. The molecule has 294 valence electrons. The molecule has 9 aromatic rings. The average Bonchev–Trinajstić information content (AvgIpc) is 3.53. The fraction of sp³-hybridized carbons (Fsp3) is 0.0526. The van der Waals surface area contributed by atoms with E-state index in [2.05, 4.69) is 274 Å². The van der Waals surface area contributed by atoms with Crippen molar-refractivity contribution < 1.29 is 0 Å². The molecule has 2 nitrogen and oxygen atoms in total. The van der Waals surface area contributed by atoms with Gasteiger partial charge in [0, 0.05) is 48.2 Å². The SMILES string of the molecule is CC1(C)c2cc(-c3ccc(N(c4ccc(Br)cc4)c4ccccc4-c4ccccc4)cc3)ccc2-c2ccc(N(c3ccc(Br)cc3)c3ccccc3-c3ccccc3)cc21. The van der Waals surface area contributed by atoms with Crippen LogP contribution in [0.15, 0.2) is 227 Å². The maximum atomic E-state index is 3.67. The Labute approximate surface area is 375 Å². The summed E-state index contributed by atoms with van der Waals surface area (Å²) in [5.41, 5.74) is 18.9. The lowest BCUT2D eigenvalue weighted by atomic mass is 9.81. The summed E-state index contributed by atoms with van der Waals surface area (Å²) in [7, 11) is 0. The average molecular weight is 915 g/mol. The van der Waals surface area contributed by atoms with Gasteiger partial charge in [-0.1, -0.05) is 173 Å². The minimum absolute atomic E-state index is 0.222. The zero-order chi connectivity index (χ0) is 41.5. The zero-order valence-electron chi connectivity index (χ0n) is 33.9. The normalized spacial score (nSPS) is 12.4. The molecule has 0 aliphatic heterocycles. The number of rotatable bonds is 9. The summed E-state index contributed by atoms with van der Waals surface area (Å²) in [6.07, 6.45) is 0. The van der Waals surface area contributed by atoms with Gasteiger partial charge in [-0.15, -0.1) is 0 Å². The van der Waals surface area contributed by atoms with E-state index in [1.165, 1.54) is 55.6 Å². The van der Waals surface area contributed by atoms with Crippen molar-refractivity contribution in [2.45, 2.75) is 19.3 Å². The predicted molar refractivity (Wildman–Crippen MR) is 265 cm³/mol. The van der Waals surface area contributed by atoms with E-state index in [1.54, 1.807) is 0 Å². The van der Waals surface area contributed by atoms with Crippen LogP contribution < -0.4 is 9.80 Å². The van der Waals surface area contributed by atoms with Crippen LogP contribution in [0.2, 0.25) is 0 Å². The van der Waals surface area contributed by atoms with Crippen molar-refractivity contribution in [1.82, 2.24) is 0 Å². The van der Waals surface area contributed by atoms with Gasteiger partial charge < -0.3 is 9.80 Å². The van der Waals surface area contributed by atoms with E-state index in [0.717, 1.165) is 43.1 Å². The van der Waals surface area contributed by atoms with Gasteiger partial charge in [0.15, 0.2) is 0 Å². The van der Waals surface area contributed by atoms with E-state index >= 15 is 0 Å². The summed E-state index contributed by atoms with van der Waals surface area (Å²) in [5, 5.41) is 0. The Kier molecular flexibility index (Phi) is 10.3. The predicted octanol–water partition coefficient (Wildman–Crippen LogP) is 17.5. The molecule has 0 aromatic heterocycles. The maximum Gasteiger partial charge on any atom is 0.0540 e. The molecule has 0 amide bonds. The van der Waals surface area contributed by atoms with E-state index in [9.17, 15) is 0 Å². The summed E-state index contributed by atoms with van der Waals surface area (Å²) in [4.78, 5) is 4.76. The van der Waals surface area contributed by atoms with Crippen molar-refractivity contribution in [1.29, 1.82) is 0 Å². The smallest absolute Gasteiger partial charge is 0.0540 e. The Hall–Kier alpha value is -6.46. The van der Waals surface area contributed by atoms with Gasteiger partial charge in [-0.3, -0.25) is 0 Å². The number of hydrogen-bond acceptors (Lipinski definition) is 2. The third kappa shape index (κ3) is 7.30. The van der Waals surface area contributed by atoms with Crippen LogP contribution in [0.5, 0.6) is 0 Å². The number of fused-ring (bicyclic) bond motifs is 3. The molecule has 10 rings (SSSR count). The van der Waals surface area contributed by atoms with Crippen LogP contribution in [-0.2, 0) is 5.41 Å². The van der Waals surface area contributed by atoms with Crippen LogP contribution >= 0.6 is 31.9 Å². The van der Waals surface area contributed by atoms with Crippen LogP contribution in [0.1, 0.15) is 25.0 Å². The number of benzene rings is 9. The monoisotopic (exact) mass is 912 g/mol. The van der Waals surface area contributed by atoms with E-state index in [0.29, 0.717) is 0 Å². The molecule has 1 aliphatic carbocycles. The first-order valence-corrected chi connectivity index (χ1v) is 22.2. The fourth-order valence-corrected chi connectivity index (χ4v) is 9.47. The minimum Gasteiger partial charge on any atom is -0.310 e. The van der Waals surface area contributed by atoms with E-state index in [1.807, 2.05) is 0 Å². The van der Waals surface area contributed by atoms with Gasteiger partial charge in [0.2, 0.25) is 0 Å². The molecule has 0 radical (unpaired) electrons. The molecule has 1 aliphatic rings. The standard InChI is InChI=1S/C57H42Br2N2/c1-57(2)53-37-42(39-21-28-45(29-22-39)60(46-30-24-43(58)25-31-46)55-19-11-9-17-49(55)40-13-5-3-6-14-40)23-35-51(53)52-36-34-48(38-54(52)57)61(47-32-26-44(59)27-33-47)56-20-12-10-18-50(56)41-15-7-4-8-16-41/h3-38H,1-2H3. The van der Waals surface area contributed by atoms with Crippen molar-refractivity contribution in [2.75, 3.05) is 9.80 Å². The van der Waals surface area contributed by atoms with E-state index in [4.69, 9.17) is 0 Å². The molecule has 0 N–H and O–H groups in total. The lowest BCUT2D eigenvalue weighted by Gasteiger charge is -2.30. The van der Waals surface area contributed by atoms with Crippen molar-refractivity contribution >= 4 is 66.0 Å². The van der Waals surface area contributed by atoms with Gasteiger partial charge in [0.05, 0.1) is 11.4 Å². The van der Waals surface area contributed by atoms with Gasteiger partial charge in [-0.2, -0.15) is 0 Å². The highest BCUT2D eigenvalue weighted by Gasteiger charge is 2.36. The van der Waals surface area contributed by atoms with Gasteiger partial charge >= 0.3 is 0 Å². The summed E-state index contributed by atoms with van der Waals surface area (Å²) in [5.74, 6) is 0. The van der Waals surface area contributed by atoms with Crippen LogP contribution in [0, 0.1) is 0 Å². The van der Waals surface area contributed by atoms with Crippen molar-refractivity contribution in [3.63, 3.8) is 0 Å². The second-order valence-corrected chi connectivity index (χ2v) is 17.9. The maximum absolute atomic E-state index is 3.67. The van der Waals surface area contributed by atoms with Crippen molar-refractivity contribution in [2.24, 2.45) is 0 Å². The van der Waals surface area contributed by atoms with Gasteiger partial charge in [0.25, 0.3) is 0 Å². The molecular formula is C57H42Br2N2. The van der Waals surface area contributed by atoms with Crippen LogP contribution in [0.4, 0.5) is 34.1 Å². The molecule has 0 bridgehead atoms. The molecule has 0 unspecified atom stereocenters. The summed E-state index contributed by atoms with van der Waals surface area (Å²) in [6.45, 7) is 4.74. The Morgan fingerprint density at radius 2 is 0.689 bits per heavy atom. The molecule has 0 saturated heterocycles. The lowest BCUT2D eigenvalue weighted by Crippen LogP contribution is -2.17. The first-order valence-electron chi connectivity index (χ1n) is 20.6. The minimum atomic E-state index is -0.222. The number of hydrogen-bond donors (Lipinski definition) is 0. The molecule has 61 heavy (non-hydrogen) atoms. The third-order valence-electron chi connectivity index (χ3n) is 12.0. The van der Waals surface area contributed by atoms with Crippen molar-refractivity contribution in [3.05, 3.63) is 238 Å². The summed E-state index contributed by atoms with van der Waals surface area (Å²) >= 11 is 7.32.